The minimum Gasteiger partial charge on any atom is -0.333 e. The highest BCUT2D eigenvalue weighted by atomic mass is 15.1. The fourth-order valence-corrected chi connectivity index (χ4v) is 2.37. The van der Waals surface area contributed by atoms with Crippen LogP contribution in [-0.2, 0) is 6.54 Å². The number of imidazole rings is 1. The largest absolute Gasteiger partial charge is 0.333 e. The first kappa shape index (κ1) is 11.6. The van der Waals surface area contributed by atoms with E-state index in [-0.39, 0.29) is 6.04 Å². The average Bonchev–Trinajstić information content (AvgIpc) is 2.57. The Balaban J connectivity index is 1.99. The molecule has 1 atom stereocenters. The van der Waals surface area contributed by atoms with Gasteiger partial charge in [-0.25, -0.2) is 4.98 Å². The maximum absolute atomic E-state index is 6.22. The van der Waals surface area contributed by atoms with Crippen LogP contribution in [0.5, 0.6) is 0 Å². The van der Waals surface area contributed by atoms with Crippen LogP contribution in [0.2, 0.25) is 0 Å². The summed E-state index contributed by atoms with van der Waals surface area (Å²) >= 11 is 0. The topological polar surface area (TPSA) is 43.8 Å². The summed E-state index contributed by atoms with van der Waals surface area (Å²) in [6.45, 7) is 5.54. The van der Waals surface area contributed by atoms with Crippen molar-refractivity contribution in [1.82, 2.24) is 9.55 Å². The van der Waals surface area contributed by atoms with Crippen LogP contribution in [0.1, 0.15) is 51.3 Å². The highest BCUT2D eigenvalue weighted by molar-refractivity contribution is 5.05. The fourth-order valence-electron chi connectivity index (χ4n) is 2.37. The summed E-state index contributed by atoms with van der Waals surface area (Å²) in [4.78, 5) is 4.24. The molecule has 3 nitrogen and oxygen atoms in total. The molecule has 1 aliphatic rings. The first-order chi connectivity index (χ1) is 7.66. The highest BCUT2D eigenvalue weighted by Gasteiger charge is 2.20. The van der Waals surface area contributed by atoms with Gasteiger partial charge in [-0.15, -0.1) is 0 Å². The second-order valence-corrected chi connectivity index (χ2v) is 5.50. The van der Waals surface area contributed by atoms with E-state index >= 15 is 0 Å². The van der Waals surface area contributed by atoms with Crippen molar-refractivity contribution in [2.45, 2.75) is 52.1 Å². The van der Waals surface area contributed by atoms with Gasteiger partial charge in [-0.3, -0.25) is 0 Å². The van der Waals surface area contributed by atoms with Crippen molar-refractivity contribution in [2.75, 3.05) is 0 Å². The summed E-state index contributed by atoms with van der Waals surface area (Å²) in [5.41, 5.74) is 7.42. The van der Waals surface area contributed by atoms with E-state index in [9.17, 15) is 0 Å². The predicted octanol–water partition coefficient (Wildman–Crippen LogP) is 2.73. The van der Waals surface area contributed by atoms with Crippen LogP contribution < -0.4 is 5.73 Å². The van der Waals surface area contributed by atoms with E-state index in [1.165, 1.54) is 25.0 Å². The summed E-state index contributed by atoms with van der Waals surface area (Å²) in [6, 6.07) is 0.141. The molecule has 0 radical (unpaired) electrons. The zero-order valence-electron chi connectivity index (χ0n) is 10.4. The van der Waals surface area contributed by atoms with Crippen LogP contribution in [0.15, 0.2) is 12.5 Å². The molecule has 0 bridgehead atoms. The van der Waals surface area contributed by atoms with Gasteiger partial charge < -0.3 is 10.3 Å². The zero-order valence-corrected chi connectivity index (χ0v) is 10.4. The Morgan fingerprint density at radius 2 is 2.25 bits per heavy atom. The molecule has 1 aromatic rings. The zero-order chi connectivity index (χ0) is 11.5. The maximum atomic E-state index is 6.22. The Hall–Kier alpha value is -0.830. The molecule has 0 amide bonds. The number of aromatic nitrogens is 2. The average molecular weight is 221 g/mol. The van der Waals surface area contributed by atoms with Gasteiger partial charge in [0, 0.05) is 18.8 Å². The van der Waals surface area contributed by atoms with Crippen molar-refractivity contribution in [2.24, 2.45) is 17.6 Å². The van der Waals surface area contributed by atoms with E-state index in [4.69, 9.17) is 5.73 Å². The van der Waals surface area contributed by atoms with E-state index in [1.807, 2.05) is 12.5 Å². The minimum atomic E-state index is 0.141. The molecular weight excluding hydrogens is 198 g/mol. The van der Waals surface area contributed by atoms with E-state index in [2.05, 4.69) is 23.4 Å². The molecule has 90 valence electrons. The molecule has 1 heterocycles. The van der Waals surface area contributed by atoms with Gasteiger partial charge in [-0.2, -0.15) is 0 Å². The number of hydrogen-bond donors (Lipinski definition) is 1. The summed E-state index contributed by atoms with van der Waals surface area (Å²) in [7, 11) is 0. The van der Waals surface area contributed by atoms with Crippen molar-refractivity contribution in [3.63, 3.8) is 0 Å². The molecule has 3 heteroatoms. The summed E-state index contributed by atoms with van der Waals surface area (Å²) in [5, 5.41) is 0. The standard InChI is InChI=1S/C13H23N3/c1-10(2)6-12(14)13-7-15-9-16(13)8-11-4-3-5-11/h7,9-12H,3-6,8,14H2,1-2H3. The Morgan fingerprint density at radius 3 is 2.81 bits per heavy atom. The fraction of sp³-hybridized carbons (Fsp3) is 0.769. The van der Waals surface area contributed by atoms with Crippen LogP contribution in [0.4, 0.5) is 0 Å². The SMILES string of the molecule is CC(C)CC(N)c1cncn1CC1CCC1. The molecule has 1 aliphatic carbocycles. The normalized spacial score (nSPS) is 18.8. The molecule has 0 saturated heterocycles. The van der Waals surface area contributed by atoms with E-state index in [0.717, 1.165) is 18.9 Å². The molecule has 1 saturated carbocycles. The van der Waals surface area contributed by atoms with Crippen molar-refractivity contribution >= 4 is 0 Å². The van der Waals surface area contributed by atoms with Crippen LogP contribution in [0.25, 0.3) is 0 Å². The third-order valence-corrected chi connectivity index (χ3v) is 3.53. The lowest BCUT2D eigenvalue weighted by molar-refractivity contribution is 0.271. The van der Waals surface area contributed by atoms with Crippen molar-refractivity contribution in [3.8, 4) is 0 Å². The van der Waals surface area contributed by atoms with Gasteiger partial charge in [0.2, 0.25) is 0 Å². The second kappa shape index (κ2) is 5.00. The summed E-state index contributed by atoms with van der Waals surface area (Å²) in [6.07, 6.45) is 9.05. The van der Waals surface area contributed by atoms with E-state index in [0.29, 0.717) is 5.92 Å². The molecule has 1 aromatic heterocycles. The molecule has 0 aliphatic heterocycles. The van der Waals surface area contributed by atoms with Crippen molar-refractivity contribution < 1.29 is 0 Å². The first-order valence-electron chi connectivity index (χ1n) is 6.42. The van der Waals surface area contributed by atoms with E-state index < -0.39 is 0 Å². The van der Waals surface area contributed by atoms with Gasteiger partial charge in [0.1, 0.15) is 0 Å². The molecule has 2 N–H and O–H groups in total. The molecule has 0 aromatic carbocycles. The summed E-state index contributed by atoms with van der Waals surface area (Å²) < 4.78 is 2.26. The smallest absolute Gasteiger partial charge is 0.0948 e. The number of rotatable bonds is 5. The van der Waals surface area contributed by atoms with Gasteiger partial charge in [0.25, 0.3) is 0 Å². The molecule has 1 fully saturated rings. The maximum Gasteiger partial charge on any atom is 0.0948 e. The third kappa shape index (κ3) is 2.64. The molecular formula is C13H23N3. The van der Waals surface area contributed by atoms with Crippen LogP contribution in [-0.4, -0.2) is 9.55 Å². The highest BCUT2D eigenvalue weighted by Crippen LogP contribution is 2.29. The van der Waals surface area contributed by atoms with Crippen molar-refractivity contribution in [1.29, 1.82) is 0 Å². The Morgan fingerprint density at radius 1 is 1.50 bits per heavy atom. The number of hydrogen-bond acceptors (Lipinski definition) is 2. The van der Waals surface area contributed by atoms with Gasteiger partial charge in [-0.1, -0.05) is 20.3 Å². The Kier molecular flexibility index (Phi) is 3.64. The van der Waals surface area contributed by atoms with Gasteiger partial charge >= 0.3 is 0 Å². The molecule has 16 heavy (non-hydrogen) atoms. The lowest BCUT2D eigenvalue weighted by atomic mass is 9.85. The van der Waals surface area contributed by atoms with Crippen LogP contribution >= 0.6 is 0 Å². The summed E-state index contributed by atoms with van der Waals surface area (Å²) in [5.74, 6) is 1.50. The monoisotopic (exact) mass is 221 g/mol. The Bertz CT molecular complexity index is 326. The molecule has 2 rings (SSSR count). The van der Waals surface area contributed by atoms with Gasteiger partial charge in [0.05, 0.1) is 12.0 Å². The number of nitrogens with two attached hydrogens (primary N) is 1. The number of nitrogens with zero attached hydrogens (tertiary/aromatic N) is 2. The van der Waals surface area contributed by atoms with E-state index in [1.54, 1.807) is 0 Å². The van der Waals surface area contributed by atoms with Gasteiger partial charge in [-0.05, 0) is 31.1 Å². The third-order valence-electron chi connectivity index (χ3n) is 3.53. The Labute approximate surface area is 98.1 Å². The van der Waals surface area contributed by atoms with Crippen LogP contribution in [0.3, 0.4) is 0 Å². The quantitative estimate of drug-likeness (QED) is 0.830. The minimum absolute atomic E-state index is 0.141. The van der Waals surface area contributed by atoms with Crippen molar-refractivity contribution in [3.05, 3.63) is 18.2 Å². The second-order valence-electron chi connectivity index (χ2n) is 5.50. The first-order valence-corrected chi connectivity index (χ1v) is 6.42. The lowest BCUT2D eigenvalue weighted by Gasteiger charge is -2.27. The molecule has 1 unspecified atom stereocenters. The predicted molar refractivity (Wildman–Crippen MR) is 66.0 cm³/mol. The van der Waals surface area contributed by atoms with Gasteiger partial charge in [0.15, 0.2) is 0 Å². The van der Waals surface area contributed by atoms with Crippen LogP contribution in [0, 0.1) is 11.8 Å². The lowest BCUT2D eigenvalue weighted by Crippen LogP contribution is -2.22. The molecule has 0 spiro atoms.